The van der Waals surface area contributed by atoms with Gasteiger partial charge in [-0.2, -0.15) is 0 Å². The minimum atomic E-state index is -0.442. The van der Waals surface area contributed by atoms with Gasteiger partial charge < -0.3 is 14.3 Å². The zero-order valence-electron chi connectivity index (χ0n) is 17.7. The van der Waals surface area contributed by atoms with Crippen molar-refractivity contribution in [2.24, 2.45) is 5.16 Å². The molecule has 30 heavy (non-hydrogen) atoms. The molecule has 0 N–H and O–H groups in total. The number of rotatable bonds is 4. The quantitative estimate of drug-likeness (QED) is 0.282. The van der Waals surface area contributed by atoms with Crippen molar-refractivity contribution < 1.29 is 14.4 Å². The second-order valence-electron chi connectivity index (χ2n) is 7.66. The summed E-state index contributed by atoms with van der Waals surface area (Å²) in [6.07, 6.45) is 2.78. The molecule has 0 saturated carbocycles. The number of amides is 1. The third-order valence-corrected chi connectivity index (χ3v) is 5.61. The molecule has 1 aliphatic rings. The first-order chi connectivity index (χ1) is 14.4. The zero-order valence-corrected chi connectivity index (χ0v) is 17.7. The van der Waals surface area contributed by atoms with Gasteiger partial charge in [0.15, 0.2) is 0 Å². The van der Waals surface area contributed by atoms with Crippen molar-refractivity contribution in [2.45, 2.75) is 33.7 Å². The molecule has 1 saturated heterocycles. The zero-order chi connectivity index (χ0) is 21.4. The number of likely N-dealkylation sites (tertiary alicyclic amines) is 1. The van der Waals surface area contributed by atoms with Crippen molar-refractivity contribution >= 4 is 45.5 Å². The van der Waals surface area contributed by atoms with Crippen LogP contribution in [0.1, 0.15) is 38.3 Å². The summed E-state index contributed by atoms with van der Waals surface area (Å²) in [7, 11) is 1.84. The van der Waals surface area contributed by atoms with Crippen LogP contribution in [0, 0.1) is 0 Å². The number of benzene rings is 2. The summed E-state index contributed by atoms with van der Waals surface area (Å²) in [5.74, 6) is -0.339. The fourth-order valence-electron chi connectivity index (χ4n) is 4.04. The third kappa shape index (κ3) is 3.49. The number of hydrogen-bond donors (Lipinski definition) is 0. The van der Waals surface area contributed by atoms with Gasteiger partial charge in [0, 0.05) is 54.4 Å². The van der Waals surface area contributed by atoms with E-state index >= 15 is 0 Å². The Hall–Kier alpha value is -3.41. The molecule has 154 valence electrons. The van der Waals surface area contributed by atoms with E-state index in [4.69, 9.17) is 4.84 Å². The molecule has 1 aliphatic heterocycles. The molecule has 1 aromatic heterocycles. The normalized spacial score (nSPS) is 16.3. The van der Waals surface area contributed by atoms with E-state index in [1.165, 1.54) is 6.92 Å². The Kier molecular flexibility index (Phi) is 5.16. The molecule has 6 heteroatoms. The smallest absolute Gasteiger partial charge is 0.331 e. The van der Waals surface area contributed by atoms with E-state index in [0.717, 1.165) is 58.0 Å². The molecular formula is C24H25N3O3. The van der Waals surface area contributed by atoms with Crippen LogP contribution in [0.5, 0.6) is 0 Å². The van der Waals surface area contributed by atoms with Gasteiger partial charge in [-0.05, 0) is 61.7 Å². The summed E-state index contributed by atoms with van der Waals surface area (Å²) >= 11 is 0. The number of nitrogens with zero attached hydrogens (tertiary/aromatic N) is 3. The first-order valence-corrected chi connectivity index (χ1v) is 10.1. The first kappa shape index (κ1) is 19.9. The lowest BCUT2D eigenvalue weighted by atomic mass is 10.0. The minimum Gasteiger partial charge on any atom is -0.342 e. The van der Waals surface area contributed by atoms with Gasteiger partial charge in [0.2, 0.25) is 5.91 Å². The molecule has 3 aromatic rings. The van der Waals surface area contributed by atoms with Crippen LogP contribution in [-0.4, -0.2) is 40.6 Å². The van der Waals surface area contributed by atoms with Crippen molar-refractivity contribution in [1.29, 1.82) is 0 Å². The highest BCUT2D eigenvalue weighted by molar-refractivity contribution is 6.12. The Labute approximate surface area is 175 Å². The number of likely N-dealkylation sites (N-methyl/N-ethyl adjacent to an activating group) is 1. The average molecular weight is 403 g/mol. The van der Waals surface area contributed by atoms with Gasteiger partial charge in [0.1, 0.15) is 0 Å². The number of aryl methyl sites for hydroxylation is 1. The van der Waals surface area contributed by atoms with E-state index in [1.807, 2.05) is 26.1 Å². The van der Waals surface area contributed by atoms with Gasteiger partial charge in [-0.25, -0.2) is 4.79 Å². The summed E-state index contributed by atoms with van der Waals surface area (Å²) in [5, 5.41) is 6.15. The largest absolute Gasteiger partial charge is 0.342 e. The molecule has 6 nitrogen and oxygen atoms in total. The van der Waals surface area contributed by atoms with Crippen LogP contribution < -0.4 is 0 Å². The molecule has 1 amide bonds. The maximum Gasteiger partial charge on any atom is 0.331 e. The van der Waals surface area contributed by atoms with Crippen molar-refractivity contribution in [3.8, 4) is 0 Å². The number of carbonyl (C=O) groups is 2. The minimum absolute atomic E-state index is 0.102. The Morgan fingerprint density at radius 1 is 1.13 bits per heavy atom. The van der Waals surface area contributed by atoms with Crippen LogP contribution >= 0.6 is 0 Å². The summed E-state index contributed by atoms with van der Waals surface area (Å²) in [6, 6.07) is 12.5. The van der Waals surface area contributed by atoms with Crippen molar-refractivity contribution in [2.75, 3.05) is 13.6 Å². The lowest BCUT2D eigenvalue weighted by molar-refractivity contribution is -0.140. The lowest BCUT2D eigenvalue weighted by Crippen LogP contribution is -2.18. The van der Waals surface area contributed by atoms with Gasteiger partial charge >= 0.3 is 5.97 Å². The highest BCUT2D eigenvalue weighted by atomic mass is 16.7. The Bertz CT molecular complexity index is 1230. The molecule has 0 unspecified atom stereocenters. The van der Waals surface area contributed by atoms with Gasteiger partial charge in [-0.15, -0.1) is 0 Å². The second-order valence-corrected chi connectivity index (χ2v) is 7.66. The third-order valence-electron chi connectivity index (χ3n) is 5.61. The average Bonchev–Trinajstić information content (AvgIpc) is 3.22. The Morgan fingerprint density at radius 3 is 2.47 bits per heavy atom. The van der Waals surface area contributed by atoms with E-state index in [2.05, 4.69) is 47.0 Å². The molecule has 0 aliphatic carbocycles. The van der Waals surface area contributed by atoms with E-state index < -0.39 is 5.97 Å². The van der Waals surface area contributed by atoms with Gasteiger partial charge in [0.05, 0.1) is 5.71 Å². The molecule has 0 bridgehead atoms. The standard InChI is InChI=1S/C24H25N3O3/c1-5-27-22-8-6-17(12-19-10-11-26(4)24(19)29)13-20(22)21-14-18(7-9-23(21)27)15(2)25-30-16(3)28/h6-9,12-14H,5,10-11H2,1-4H3. The van der Waals surface area contributed by atoms with Crippen LogP contribution in [0.15, 0.2) is 47.1 Å². The Balaban J connectivity index is 1.85. The fraction of sp³-hybridized carbons (Fsp3) is 0.292. The van der Waals surface area contributed by atoms with Gasteiger partial charge in [-0.3, -0.25) is 4.79 Å². The Morgan fingerprint density at radius 2 is 1.83 bits per heavy atom. The van der Waals surface area contributed by atoms with Crippen molar-refractivity contribution in [3.63, 3.8) is 0 Å². The number of fused-ring (bicyclic) bond motifs is 3. The van der Waals surface area contributed by atoms with Crippen LogP contribution in [0.2, 0.25) is 0 Å². The maximum atomic E-state index is 12.3. The monoisotopic (exact) mass is 403 g/mol. The number of oxime groups is 1. The van der Waals surface area contributed by atoms with E-state index in [0.29, 0.717) is 5.71 Å². The molecule has 2 aromatic carbocycles. The van der Waals surface area contributed by atoms with Crippen LogP contribution in [-0.2, 0) is 21.0 Å². The summed E-state index contributed by atoms with van der Waals surface area (Å²) in [6.45, 7) is 6.90. The van der Waals surface area contributed by atoms with Crippen LogP contribution in [0.3, 0.4) is 0 Å². The summed E-state index contributed by atoms with van der Waals surface area (Å²) in [5.41, 5.74) is 5.69. The predicted octanol–water partition coefficient (Wildman–Crippen LogP) is 4.35. The number of hydrogen-bond acceptors (Lipinski definition) is 4. The topological polar surface area (TPSA) is 63.9 Å². The molecule has 4 rings (SSSR count). The first-order valence-electron chi connectivity index (χ1n) is 10.1. The lowest BCUT2D eigenvalue weighted by Gasteiger charge is -2.05. The van der Waals surface area contributed by atoms with Gasteiger partial charge in [0.25, 0.3) is 0 Å². The fourth-order valence-corrected chi connectivity index (χ4v) is 4.04. The van der Waals surface area contributed by atoms with Gasteiger partial charge in [-0.1, -0.05) is 17.3 Å². The van der Waals surface area contributed by atoms with Crippen molar-refractivity contribution in [3.05, 3.63) is 53.1 Å². The molecular weight excluding hydrogens is 378 g/mol. The molecule has 1 fully saturated rings. The van der Waals surface area contributed by atoms with Crippen LogP contribution in [0.25, 0.3) is 27.9 Å². The molecule has 0 radical (unpaired) electrons. The number of carbonyl (C=O) groups excluding carboxylic acids is 2. The van der Waals surface area contributed by atoms with E-state index in [9.17, 15) is 9.59 Å². The molecule has 0 atom stereocenters. The predicted molar refractivity (Wildman–Crippen MR) is 119 cm³/mol. The molecule has 2 heterocycles. The molecule has 0 spiro atoms. The number of aromatic nitrogens is 1. The van der Waals surface area contributed by atoms with Crippen molar-refractivity contribution in [1.82, 2.24) is 9.47 Å². The van der Waals surface area contributed by atoms with Crippen LogP contribution in [0.4, 0.5) is 0 Å². The SMILES string of the molecule is CCn1c2ccc(C=C3CCN(C)C3=O)cc2c2cc(C(C)=NOC(C)=O)ccc21. The summed E-state index contributed by atoms with van der Waals surface area (Å²) < 4.78 is 2.28. The second kappa shape index (κ2) is 7.78. The van der Waals surface area contributed by atoms with E-state index in [-0.39, 0.29) is 5.91 Å². The van der Waals surface area contributed by atoms with E-state index in [1.54, 1.807) is 4.90 Å². The highest BCUT2D eigenvalue weighted by Gasteiger charge is 2.22. The highest BCUT2D eigenvalue weighted by Crippen LogP contribution is 2.32. The maximum absolute atomic E-state index is 12.3. The summed E-state index contributed by atoms with van der Waals surface area (Å²) in [4.78, 5) is 29.9.